The molecule has 0 aliphatic rings. The third kappa shape index (κ3) is 15.9. The van der Waals surface area contributed by atoms with Crippen molar-refractivity contribution in [3.63, 3.8) is 0 Å². The molecule has 0 aromatic carbocycles. The molecule has 52 heavy (non-hydrogen) atoms. The minimum Gasteiger partial charge on any atom is -0.448 e. The van der Waals surface area contributed by atoms with Gasteiger partial charge >= 0.3 is 0 Å². The molecule has 0 N–H and O–H groups in total. The van der Waals surface area contributed by atoms with E-state index >= 15 is 0 Å². The lowest BCUT2D eigenvalue weighted by Crippen LogP contribution is -2.21. The van der Waals surface area contributed by atoms with Crippen LogP contribution in [0.25, 0.3) is 0 Å². The molecule has 0 amide bonds. The SMILES string of the molecule is C.CCc1ncsc1C(C)(C)C.Cc1nccn1C(C)(C)C.Cc1ncoc1C(C)(C)C.Cc1ncsc1C(C)(C)C.Cc1nocc1C(C)(C)C. The number of aryl methyl sites for hydroxylation is 5. The first-order valence-corrected chi connectivity index (χ1v) is 19.5. The maximum absolute atomic E-state index is 5.22. The van der Waals surface area contributed by atoms with Gasteiger partial charge in [0.1, 0.15) is 17.8 Å². The fourth-order valence-electron chi connectivity index (χ4n) is 5.27. The molecule has 294 valence electrons. The van der Waals surface area contributed by atoms with Crippen molar-refractivity contribution in [2.45, 2.75) is 180 Å². The summed E-state index contributed by atoms with van der Waals surface area (Å²) in [5, 5.41) is 3.81. The number of hydrogen-bond donors (Lipinski definition) is 0. The topological polar surface area (TPSA) is 95.7 Å². The van der Waals surface area contributed by atoms with Crippen molar-refractivity contribution in [3.05, 3.63) is 85.7 Å². The molecular weight excluding hydrogens is 685 g/mol. The third-order valence-corrected chi connectivity index (χ3v) is 10.3. The second-order valence-corrected chi connectivity index (χ2v) is 19.6. The van der Waals surface area contributed by atoms with E-state index in [0.717, 1.165) is 29.4 Å². The number of aromatic nitrogens is 6. The molecule has 0 spiro atoms. The Labute approximate surface area is 325 Å². The van der Waals surface area contributed by atoms with Gasteiger partial charge in [-0.15, -0.1) is 22.7 Å². The van der Waals surface area contributed by atoms with Crippen LogP contribution in [0.4, 0.5) is 0 Å². The van der Waals surface area contributed by atoms with Crippen molar-refractivity contribution in [2.24, 2.45) is 0 Å². The van der Waals surface area contributed by atoms with Crippen molar-refractivity contribution < 1.29 is 8.94 Å². The molecule has 0 radical (unpaired) electrons. The van der Waals surface area contributed by atoms with Gasteiger partial charge in [-0.25, -0.2) is 19.9 Å². The van der Waals surface area contributed by atoms with Crippen molar-refractivity contribution in [1.82, 2.24) is 29.7 Å². The molecule has 0 unspecified atom stereocenters. The molecule has 10 heteroatoms. The van der Waals surface area contributed by atoms with E-state index in [1.54, 1.807) is 28.9 Å². The predicted molar refractivity (Wildman–Crippen MR) is 224 cm³/mol. The smallest absolute Gasteiger partial charge is 0.181 e. The lowest BCUT2D eigenvalue weighted by molar-refractivity contribution is 0.388. The normalized spacial score (nSPS) is 11.8. The van der Waals surface area contributed by atoms with Crippen molar-refractivity contribution >= 4 is 22.7 Å². The van der Waals surface area contributed by atoms with Crippen LogP contribution in [0, 0.1) is 27.7 Å². The highest BCUT2D eigenvalue weighted by Gasteiger charge is 2.21. The van der Waals surface area contributed by atoms with E-state index in [4.69, 9.17) is 8.94 Å². The van der Waals surface area contributed by atoms with Gasteiger partial charge in [-0.05, 0) is 71.1 Å². The number of hydrogen-bond acceptors (Lipinski definition) is 9. The average molecular weight is 757 g/mol. The van der Waals surface area contributed by atoms with Gasteiger partial charge in [0.05, 0.1) is 33.8 Å². The summed E-state index contributed by atoms with van der Waals surface area (Å²) >= 11 is 3.52. The summed E-state index contributed by atoms with van der Waals surface area (Å²) in [4.78, 5) is 19.5. The summed E-state index contributed by atoms with van der Waals surface area (Å²) < 4.78 is 12.2. The van der Waals surface area contributed by atoms with Crippen LogP contribution >= 0.6 is 22.7 Å². The highest BCUT2D eigenvalue weighted by molar-refractivity contribution is 7.10. The standard InChI is InChI=1S/C9H15NS.C8H14N2.2C8H13NO.C8H13NS.CH4/c1-5-7-8(9(2,3)4)11-6-10-7;1-7-9-5-6-10(7)8(2,3)4;1-6-7(8(2,3)4)10-5-9-6;1-6-7(5-10-9-6)8(2,3)4;1-6-7(8(2,3)4)10-5-9-6;/h6H,5H2,1-4H3;5-6H,1-4H3;3*5H,1-4H3;1H4. The molecule has 0 saturated carbocycles. The van der Waals surface area contributed by atoms with E-state index in [0.29, 0.717) is 0 Å². The first-order chi connectivity index (χ1) is 23.1. The van der Waals surface area contributed by atoms with Crippen molar-refractivity contribution in [2.75, 3.05) is 0 Å². The van der Waals surface area contributed by atoms with E-state index in [-0.39, 0.29) is 34.6 Å². The van der Waals surface area contributed by atoms with E-state index in [1.165, 1.54) is 33.1 Å². The molecule has 5 aromatic heterocycles. The summed E-state index contributed by atoms with van der Waals surface area (Å²) in [5.41, 5.74) is 10.4. The van der Waals surface area contributed by atoms with Gasteiger partial charge in [0.15, 0.2) is 6.39 Å². The second kappa shape index (κ2) is 19.8. The van der Waals surface area contributed by atoms with E-state index in [1.807, 2.05) is 44.2 Å². The molecule has 0 aliphatic heterocycles. The minimum absolute atomic E-state index is 0. The molecule has 5 rings (SSSR count). The fourth-order valence-corrected chi connectivity index (χ4v) is 7.14. The average Bonchev–Trinajstić information content (AvgIpc) is 3.78. The maximum Gasteiger partial charge on any atom is 0.181 e. The molecule has 8 nitrogen and oxygen atoms in total. The predicted octanol–water partition coefficient (Wildman–Crippen LogP) is 12.9. The van der Waals surface area contributed by atoms with Gasteiger partial charge in [0, 0.05) is 38.7 Å². The molecule has 0 aliphatic carbocycles. The zero-order chi connectivity index (χ0) is 39.6. The Morgan fingerprint density at radius 1 is 0.635 bits per heavy atom. The summed E-state index contributed by atoms with van der Waals surface area (Å²) in [5.74, 6) is 2.06. The number of nitrogens with zero attached hydrogens (tertiary/aromatic N) is 6. The Kier molecular flexibility index (Phi) is 18.6. The largest absolute Gasteiger partial charge is 0.448 e. The van der Waals surface area contributed by atoms with Crippen LogP contribution in [-0.2, 0) is 33.6 Å². The molecule has 5 heterocycles. The van der Waals surface area contributed by atoms with E-state index in [2.05, 4.69) is 147 Å². The molecule has 0 saturated heterocycles. The zero-order valence-electron chi connectivity index (χ0n) is 35.5. The van der Waals surface area contributed by atoms with Gasteiger partial charge in [-0.1, -0.05) is 103 Å². The molecule has 5 aromatic rings. The number of rotatable bonds is 1. The zero-order valence-corrected chi connectivity index (χ0v) is 37.1. The van der Waals surface area contributed by atoms with Gasteiger partial charge in [0.25, 0.3) is 0 Å². The molecule has 0 atom stereocenters. The summed E-state index contributed by atoms with van der Waals surface area (Å²) in [6.07, 6.45) is 8.11. The van der Waals surface area contributed by atoms with E-state index in [9.17, 15) is 0 Å². The minimum atomic E-state index is 0. The van der Waals surface area contributed by atoms with Gasteiger partial charge in [-0.3, -0.25) is 0 Å². The van der Waals surface area contributed by atoms with Crippen LogP contribution in [0.3, 0.4) is 0 Å². The Balaban J connectivity index is 0.000000623. The van der Waals surface area contributed by atoms with Gasteiger partial charge in [-0.2, -0.15) is 0 Å². The lowest BCUT2D eigenvalue weighted by atomic mass is 9.88. The van der Waals surface area contributed by atoms with Crippen molar-refractivity contribution in [1.29, 1.82) is 0 Å². The highest BCUT2D eigenvalue weighted by atomic mass is 32.1. The lowest BCUT2D eigenvalue weighted by Gasteiger charge is -2.21. The maximum atomic E-state index is 5.22. The van der Waals surface area contributed by atoms with Crippen LogP contribution in [0.5, 0.6) is 0 Å². The second-order valence-electron chi connectivity index (χ2n) is 17.8. The molecule has 0 bridgehead atoms. The van der Waals surface area contributed by atoms with Crippen LogP contribution in [-0.4, -0.2) is 29.7 Å². The Hall–Kier alpha value is -3.11. The van der Waals surface area contributed by atoms with Gasteiger partial charge in [0.2, 0.25) is 0 Å². The Bertz CT molecular complexity index is 1500. The monoisotopic (exact) mass is 757 g/mol. The summed E-state index contributed by atoms with van der Waals surface area (Å²) in [7, 11) is 0. The Morgan fingerprint density at radius 2 is 1.17 bits per heavy atom. The first kappa shape index (κ1) is 48.9. The summed E-state index contributed by atoms with van der Waals surface area (Å²) in [6.45, 7) is 42.8. The van der Waals surface area contributed by atoms with Crippen LogP contribution in [0.1, 0.15) is 168 Å². The van der Waals surface area contributed by atoms with Crippen LogP contribution in [0.2, 0.25) is 0 Å². The molecular formula is C42H72N6O2S2. The number of imidazole rings is 1. The quantitative estimate of drug-likeness (QED) is 0.168. The number of oxazole rings is 1. The highest BCUT2D eigenvalue weighted by Crippen LogP contribution is 2.30. The fraction of sp³-hybridized carbons (Fsp3) is 0.643. The Morgan fingerprint density at radius 3 is 1.40 bits per heavy atom. The van der Waals surface area contributed by atoms with Gasteiger partial charge < -0.3 is 13.5 Å². The molecule has 0 fully saturated rings. The summed E-state index contributed by atoms with van der Waals surface area (Å²) in [6, 6.07) is 0. The number of thiazole rings is 2. The van der Waals surface area contributed by atoms with Crippen LogP contribution < -0.4 is 0 Å². The third-order valence-electron chi connectivity index (χ3n) is 7.62. The van der Waals surface area contributed by atoms with Crippen LogP contribution in [0.15, 0.2) is 45.0 Å². The van der Waals surface area contributed by atoms with Crippen molar-refractivity contribution in [3.8, 4) is 0 Å². The van der Waals surface area contributed by atoms with E-state index < -0.39 is 0 Å². The first-order valence-electron chi connectivity index (χ1n) is 17.8.